The fourth-order valence-corrected chi connectivity index (χ4v) is 1.40. The fourth-order valence-electron chi connectivity index (χ4n) is 1.40. The van der Waals surface area contributed by atoms with Gasteiger partial charge in [0.25, 0.3) is 0 Å². The van der Waals surface area contributed by atoms with Crippen molar-refractivity contribution in [2.45, 2.75) is 13.8 Å². The van der Waals surface area contributed by atoms with Crippen LogP contribution in [0.2, 0.25) is 0 Å². The lowest BCUT2D eigenvalue weighted by molar-refractivity contribution is 0.390. The third kappa shape index (κ3) is 1.14. The van der Waals surface area contributed by atoms with Crippen molar-refractivity contribution in [2.75, 3.05) is 7.11 Å². The molecular weight excluding hydrogens is 166 g/mol. The number of methoxy groups -OCH3 is 1. The van der Waals surface area contributed by atoms with E-state index < -0.39 is 0 Å². The Labute approximate surface area is 76.2 Å². The molecule has 0 aromatic carbocycles. The molecule has 2 rings (SSSR count). The van der Waals surface area contributed by atoms with Gasteiger partial charge in [0.15, 0.2) is 5.65 Å². The molecule has 4 nitrogen and oxygen atoms in total. The summed E-state index contributed by atoms with van der Waals surface area (Å²) in [6.45, 7) is 3.91. The molecule has 0 aliphatic rings. The highest BCUT2D eigenvalue weighted by molar-refractivity contribution is 5.45. The standard InChI is InChI=1S/C9H11N3O/c1-6-4-8-11-10-7(2)12(8)9(5-6)13-3/h4-5H,1-3H3. The molecule has 2 heterocycles. The molecule has 68 valence electrons. The first kappa shape index (κ1) is 8.04. The zero-order chi connectivity index (χ0) is 9.42. The Hall–Kier alpha value is -1.58. The summed E-state index contributed by atoms with van der Waals surface area (Å²) in [6.07, 6.45) is 0. The second-order valence-electron chi connectivity index (χ2n) is 3.02. The smallest absolute Gasteiger partial charge is 0.200 e. The molecule has 0 fully saturated rings. The summed E-state index contributed by atoms with van der Waals surface area (Å²) in [4.78, 5) is 0. The Morgan fingerprint density at radius 2 is 2.00 bits per heavy atom. The highest BCUT2D eigenvalue weighted by atomic mass is 16.5. The van der Waals surface area contributed by atoms with E-state index in [0.29, 0.717) is 0 Å². The van der Waals surface area contributed by atoms with E-state index in [1.165, 1.54) is 0 Å². The zero-order valence-electron chi connectivity index (χ0n) is 7.90. The number of nitrogens with zero attached hydrogens (tertiary/aromatic N) is 3. The molecule has 4 heteroatoms. The maximum absolute atomic E-state index is 5.23. The maximum Gasteiger partial charge on any atom is 0.200 e. The van der Waals surface area contributed by atoms with Gasteiger partial charge in [-0.2, -0.15) is 0 Å². The van der Waals surface area contributed by atoms with E-state index >= 15 is 0 Å². The predicted octanol–water partition coefficient (Wildman–Crippen LogP) is 1.35. The lowest BCUT2D eigenvalue weighted by atomic mass is 10.3. The van der Waals surface area contributed by atoms with E-state index in [1.807, 2.05) is 30.4 Å². The Kier molecular flexibility index (Phi) is 1.69. The Morgan fingerprint density at radius 3 is 2.69 bits per heavy atom. The molecule has 0 spiro atoms. The quantitative estimate of drug-likeness (QED) is 0.660. The van der Waals surface area contributed by atoms with E-state index in [0.717, 1.165) is 22.9 Å². The van der Waals surface area contributed by atoms with Gasteiger partial charge in [-0.25, -0.2) is 4.40 Å². The van der Waals surface area contributed by atoms with E-state index in [9.17, 15) is 0 Å². The van der Waals surface area contributed by atoms with Crippen molar-refractivity contribution in [1.82, 2.24) is 14.6 Å². The van der Waals surface area contributed by atoms with E-state index in [1.54, 1.807) is 7.11 Å². The summed E-state index contributed by atoms with van der Waals surface area (Å²) < 4.78 is 7.11. The first-order valence-electron chi connectivity index (χ1n) is 4.09. The lowest BCUT2D eigenvalue weighted by Crippen LogP contribution is -1.96. The molecule has 0 radical (unpaired) electrons. The second kappa shape index (κ2) is 2.73. The first-order chi connectivity index (χ1) is 6.22. The van der Waals surface area contributed by atoms with Crippen LogP contribution in [-0.2, 0) is 0 Å². The topological polar surface area (TPSA) is 39.4 Å². The third-order valence-electron chi connectivity index (χ3n) is 1.99. The number of pyridine rings is 1. The summed E-state index contributed by atoms with van der Waals surface area (Å²) in [5.41, 5.74) is 1.95. The van der Waals surface area contributed by atoms with Gasteiger partial charge >= 0.3 is 0 Å². The molecule has 0 amide bonds. The molecule has 13 heavy (non-hydrogen) atoms. The fraction of sp³-hybridized carbons (Fsp3) is 0.333. The Balaban J connectivity index is 2.85. The van der Waals surface area contributed by atoms with E-state index in [2.05, 4.69) is 10.2 Å². The number of rotatable bonds is 1. The van der Waals surface area contributed by atoms with E-state index in [4.69, 9.17) is 4.74 Å². The number of aryl methyl sites for hydroxylation is 2. The number of fused-ring (bicyclic) bond motifs is 1. The molecule has 0 aliphatic carbocycles. The third-order valence-corrected chi connectivity index (χ3v) is 1.99. The van der Waals surface area contributed by atoms with Gasteiger partial charge < -0.3 is 4.74 Å². The highest BCUT2D eigenvalue weighted by Crippen LogP contribution is 2.17. The SMILES string of the molecule is COc1cc(C)cc2nnc(C)n12. The molecule has 0 unspecified atom stereocenters. The average molecular weight is 177 g/mol. The molecule has 0 bridgehead atoms. The number of ether oxygens (including phenoxy) is 1. The lowest BCUT2D eigenvalue weighted by Gasteiger charge is -2.05. The van der Waals surface area contributed by atoms with Crippen molar-refractivity contribution in [3.05, 3.63) is 23.5 Å². The van der Waals surface area contributed by atoms with Gasteiger partial charge in [0.2, 0.25) is 5.88 Å². The van der Waals surface area contributed by atoms with Crippen LogP contribution in [0.15, 0.2) is 12.1 Å². The molecule has 2 aromatic heterocycles. The molecule has 0 saturated heterocycles. The molecule has 2 aromatic rings. The summed E-state index contributed by atoms with van der Waals surface area (Å²) in [5, 5.41) is 8.00. The van der Waals surface area contributed by atoms with Gasteiger partial charge in [-0.3, -0.25) is 0 Å². The average Bonchev–Trinajstić information content (AvgIpc) is 2.46. The maximum atomic E-state index is 5.23. The van der Waals surface area contributed by atoms with Gasteiger partial charge in [0.1, 0.15) is 5.82 Å². The summed E-state index contributed by atoms with van der Waals surface area (Å²) >= 11 is 0. The molecule has 0 aliphatic heterocycles. The number of hydrogen-bond acceptors (Lipinski definition) is 3. The molecule has 0 N–H and O–H groups in total. The number of aromatic nitrogens is 3. The van der Waals surface area contributed by atoms with Gasteiger partial charge in [0.05, 0.1) is 7.11 Å². The minimum absolute atomic E-state index is 0.775. The monoisotopic (exact) mass is 177 g/mol. The molecule has 0 atom stereocenters. The molecular formula is C9H11N3O. The number of hydrogen-bond donors (Lipinski definition) is 0. The van der Waals surface area contributed by atoms with Crippen LogP contribution in [0.25, 0.3) is 5.65 Å². The van der Waals surface area contributed by atoms with Gasteiger partial charge in [0, 0.05) is 6.07 Å². The summed E-state index contributed by atoms with van der Waals surface area (Å²) in [6, 6.07) is 3.94. The van der Waals surface area contributed by atoms with E-state index in [-0.39, 0.29) is 0 Å². The van der Waals surface area contributed by atoms with Crippen molar-refractivity contribution < 1.29 is 4.74 Å². The minimum atomic E-state index is 0.775. The van der Waals surface area contributed by atoms with Crippen molar-refractivity contribution in [1.29, 1.82) is 0 Å². The first-order valence-corrected chi connectivity index (χ1v) is 4.09. The molecule has 0 saturated carbocycles. The van der Waals surface area contributed by atoms with Crippen molar-refractivity contribution >= 4 is 5.65 Å². The second-order valence-corrected chi connectivity index (χ2v) is 3.02. The van der Waals surface area contributed by atoms with Crippen molar-refractivity contribution in [3.8, 4) is 5.88 Å². The van der Waals surface area contributed by atoms with Crippen LogP contribution in [0, 0.1) is 13.8 Å². The van der Waals surface area contributed by atoms with Gasteiger partial charge in [-0.1, -0.05) is 0 Å². The van der Waals surface area contributed by atoms with Crippen LogP contribution >= 0.6 is 0 Å². The Bertz CT molecular complexity index is 447. The van der Waals surface area contributed by atoms with Crippen molar-refractivity contribution in [2.24, 2.45) is 0 Å². The van der Waals surface area contributed by atoms with Crippen LogP contribution in [0.3, 0.4) is 0 Å². The van der Waals surface area contributed by atoms with Gasteiger partial charge in [-0.15, -0.1) is 10.2 Å². The zero-order valence-corrected chi connectivity index (χ0v) is 7.90. The van der Waals surface area contributed by atoms with Crippen LogP contribution in [0.4, 0.5) is 0 Å². The van der Waals surface area contributed by atoms with Crippen LogP contribution in [0.5, 0.6) is 5.88 Å². The normalized spacial score (nSPS) is 10.7. The predicted molar refractivity (Wildman–Crippen MR) is 49.0 cm³/mol. The van der Waals surface area contributed by atoms with Crippen LogP contribution in [-0.4, -0.2) is 21.7 Å². The van der Waals surface area contributed by atoms with Crippen LogP contribution < -0.4 is 4.74 Å². The van der Waals surface area contributed by atoms with Gasteiger partial charge in [-0.05, 0) is 25.5 Å². The summed E-state index contributed by atoms with van der Waals surface area (Å²) in [7, 11) is 1.65. The largest absolute Gasteiger partial charge is 0.482 e. The van der Waals surface area contributed by atoms with Crippen LogP contribution in [0.1, 0.15) is 11.4 Å². The summed E-state index contributed by atoms with van der Waals surface area (Å²) in [5.74, 6) is 1.62. The Morgan fingerprint density at radius 1 is 1.23 bits per heavy atom. The van der Waals surface area contributed by atoms with Crippen molar-refractivity contribution in [3.63, 3.8) is 0 Å². The highest BCUT2D eigenvalue weighted by Gasteiger charge is 2.06. The minimum Gasteiger partial charge on any atom is -0.482 e.